The smallest absolute Gasteiger partial charge is 0.282 e. The number of hydrogen-bond acceptors (Lipinski definition) is 4. The van der Waals surface area contributed by atoms with Crippen molar-refractivity contribution in [2.45, 2.75) is 31.8 Å². The molecular formula is C11H17BrN4O. The lowest BCUT2D eigenvalue weighted by Gasteiger charge is -2.29. The van der Waals surface area contributed by atoms with Crippen molar-refractivity contribution in [2.75, 3.05) is 11.9 Å². The highest BCUT2D eigenvalue weighted by Crippen LogP contribution is 2.20. The summed E-state index contributed by atoms with van der Waals surface area (Å²) in [6, 6.07) is 0.913. The molecule has 2 heterocycles. The molecule has 17 heavy (non-hydrogen) atoms. The Morgan fingerprint density at radius 1 is 1.65 bits per heavy atom. The van der Waals surface area contributed by atoms with Gasteiger partial charge in [-0.1, -0.05) is 0 Å². The number of aryl methyl sites for hydroxylation is 1. The summed E-state index contributed by atoms with van der Waals surface area (Å²) >= 11 is 3.32. The summed E-state index contributed by atoms with van der Waals surface area (Å²) in [5.74, 6) is 0. The van der Waals surface area contributed by atoms with Gasteiger partial charge in [-0.25, -0.2) is 4.68 Å². The van der Waals surface area contributed by atoms with E-state index in [1.54, 1.807) is 13.2 Å². The number of nitrogens with zero attached hydrogens (tertiary/aromatic N) is 2. The van der Waals surface area contributed by atoms with E-state index in [1.807, 2.05) is 0 Å². The number of rotatable bonds is 2. The highest BCUT2D eigenvalue weighted by molar-refractivity contribution is 9.10. The summed E-state index contributed by atoms with van der Waals surface area (Å²) in [7, 11) is 1.64. The Hall–Kier alpha value is -0.880. The Bertz CT molecular complexity index is 459. The maximum Gasteiger partial charge on any atom is 0.282 e. The van der Waals surface area contributed by atoms with Crippen LogP contribution in [0.3, 0.4) is 0 Å². The Balaban J connectivity index is 2.13. The number of anilines is 1. The molecule has 5 nitrogen and oxygen atoms in total. The van der Waals surface area contributed by atoms with Crippen molar-refractivity contribution in [3.8, 4) is 0 Å². The summed E-state index contributed by atoms with van der Waals surface area (Å²) in [4.78, 5) is 11.7. The van der Waals surface area contributed by atoms with Gasteiger partial charge in [0.15, 0.2) is 0 Å². The van der Waals surface area contributed by atoms with Gasteiger partial charge in [0.25, 0.3) is 5.56 Å². The summed E-state index contributed by atoms with van der Waals surface area (Å²) in [6.07, 6.45) is 3.81. The van der Waals surface area contributed by atoms with Gasteiger partial charge >= 0.3 is 0 Å². The van der Waals surface area contributed by atoms with Crippen molar-refractivity contribution in [1.29, 1.82) is 0 Å². The predicted octanol–water partition coefficient (Wildman–Crippen LogP) is 1.10. The second kappa shape index (κ2) is 5.18. The highest BCUT2D eigenvalue weighted by atomic mass is 79.9. The lowest BCUT2D eigenvalue weighted by Crippen LogP contribution is -2.41. The van der Waals surface area contributed by atoms with Crippen LogP contribution in [0.2, 0.25) is 0 Å². The van der Waals surface area contributed by atoms with Crippen LogP contribution in [0.4, 0.5) is 5.69 Å². The SMILES string of the molecule is CC1CC(Nc2cnn(C)c(=O)c2Br)CCN1. The molecule has 0 amide bonds. The molecule has 2 unspecified atom stereocenters. The molecule has 0 radical (unpaired) electrons. The van der Waals surface area contributed by atoms with E-state index in [0.29, 0.717) is 16.6 Å². The Morgan fingerprint density at radius 3 is 3.12 bits per heavy atom. The van der Waals surface area contributed by atoms with Crippen LogP contribution in [0.5, 0.6) is 0 Å². The zero-order valence-electron chi connectivity index (χ0n) is 10.0. The Labute approximate surface area is 109 Å². The van der Waals surface area contributed by atoms with E-state index in [4.69, 9.17) is 0 Å². The summed E-state index contributed by atoms with van der Waals surface area (Å²) in [6.45, 7) is 3.18. The topological polar surface area (TPSA) is 59.0 Å². The van der Waals surface area contributed by atoms with Crippen molar-refractivity contribution < 1.29 is 0 Å². The zero-order valence-corrected chi connectivity index (χ0v) is 11.6. The van der Waals surface area contributed by atoms with Crippen LogP contribution >= 0.6 is 15.9 Å². The van der Waals surface area contributed by atoms with Crippen molar-refractivity contribution >= 4 is 21.6 Å². The molecule has 1 aliphatic rings. The lowest BCUT2D eigenvalue weighted by molar-refractivity contribution is 0.396. The summed E-state index contributed by atoms with van der Waals surface area (Å²) < 4.78 is 1.88. The maximum atomic E-state index is 11.7. The quantitative estimate of drug-likeness (QED) is 0.859. The zero-order chi connectivity index (χ0) is 12.4. The average Bonchev–Trinajstić information content (AvgIpc) is 2.30. The first-order valence-corrected chi connectivity index (χ1v) is 6.59. The number of piperidine rings is 1. The normalized spacial score (nSPS) is 24.6. The predicted molar refractivity (Wildman–Crippen MR) is 71.3 cm³/mol. The van der Waals surface area contributed by atoms with Crippen molar-refractivity contribution in [1.82, 2.24) is 15.1 Å². The van der Waals surface area contributed by atoms with E-state index >= 15 is 0 Å². The van der Waals surface area contributed by atoms with Crippen molar-refractivity contribution in [3.05, 3.63) is 21.0 Å². The molecule has 0 aromatic carbocycles. The van der Waals surface area contributed by atoms with Crippen LogP contribution in [-0.4, -0.2) is 28.4 Å². The van der Waals surface area contributed by atoms with Gasteiger partial charge in [0, 0.05) is 19.1 Å². The molecule has 0 saturated carbocycles. The number of hydrogen-bond donors (Lipinski definition) is 2. The number of nitrogens with one attached hydrogen (secondary N) is 2. The molecule has 2 rings (SSSR count). The summed E-state index contributed by atoms with van der Waals surface area (Å²) in [5, 5.41) is 10.8. The fraction of sp³-hybridized carbons (Fsp3) is 0.636. The van der Waals surface area contributed by atoms with Gasteiger partial charge in [-0.05, 0) is 42.2 Å². The molecule has 0 aliphatic carbocycles. The second-order valence-electron chi connectivity index (χ2n) is 4.52. The van der Waals surface area contributed by atoms with Crippen LogP contribution in [0.15, 0.2) is 15.5 Å². The van der Waals surface area contributed by atoms with E-state index in [1.165, 1.54) is 4.68 Å². The van der Waals surface area contributed by atoms with Gasteiger partial charge in [-0.15, -0.1) is 0 Å². The number of aromatic nitrogens is 2. The summed E-state index contributed by atoms with van der Waals surface area (Å²) in [5.41, 5.74) is 0.671. The third-order valence-electron chi connectivity index (χ3n) is 3.06. The third kappa shape index (κ3) is 2.87. The van der Waals surface area contributed by atoms with Crippen LogP contribution in [0, 0.1) is 0 Å². The first-order chi connectivity index (χ1) is 8.08. The van der Waals surface area contributed by atoms with Gasteiger partial charge in [0.2, 0.25) is 0 Å². The van der Waals surface area contributed by atoms with Gasteiger partial charge in [-0.3, -0.25) is 4.79 Å². The first-order valence-electron chi connectivity index (χ1n) is 5.79. The molecule has 1 aromatic rings. The Morgan fingerprint density at radius 2 is 2.41 bits per heavy atom. The minimum Gasteiger partial charge on any atom is -0.380 e. The van der Waals surface area contributed by atoms with Gasteiger partial charge in [0.05, 0.1) is 11.9 Å². The Kier molecular flexibility index (Phi) is 3.83. The monoisotopic (exact) mass is 300 g/mol. The largest absolute Gasteiger partial charge is 0.380 e. The van der Waals surface area contributed by atoms with Crippen molar-refractivity contribution in [3.63, 3.8) is 0 Å². The second-order valence-corrected chi connectivity index (χ2v) is 5.31. The van der Waals surface area contributed by atoms with Gasteiger partial charge < -0.3 is 10.6 Å². The molecule has 2 atom stereocenters. The molecule has 0 bridgehead atoms. The fourth-order valence-corrected chi connectivity index (χ4v) is 2.57. The molecule has 1 fully saturated rings. The number of halogens is 1. The maximum absolute atomic E-state index is 11.7. The van der Waals surface area contributed by atoms with E-state index < -0.39 is 0 Å². The van der Waals surface area contributed by atoms with Crippen LogP contribution in [0.1, 0.15) is 19.8 Å². The highest BCUT2D eigenvalue weighted by Gasteiger charge is 2.19. The molecule has 6 heteroatoms. The van der Waals surface area contributed by atoms with Crippen LogP contribution in [-0.2, 0) is 7.05 Å². The minimum atomic E-state index is -0.114. The molecule has 1 aliphatic heterocycles. The first kappa shape index (κ1) is 12.6. The minimum absolute atomic E-state index is 0.114. The van der Waals surface area contributed by atoms with Crippen LogP contribution < -0.4 is 16.2 Å². The van der Waals surface area contributed by atoms with E-state index in [0.717, 1.165) is 25.1 Å². The fourth-order valence-electron chi connectivity index (χ4n) is 2.09. The molecule has 94 valence electrons. The molecule has 0 spiro atoms. The molecule has 1 saturated heterocycles. The lowest BCUT2D eigenvalue weighted by atomic mass is 10.0. The molecule has 1 aromatic heterocycles. The van der Waals surface area contributed by atoms with E-state index in [9.17, 15) is 4.79 Å². The molecular weight excluding hydrogens is 284 g/mol. The third-order valence-corrected chi connectivity index (χ3v) is 3.83. The van der Waals surface area contributed by atoms with E-state index in [-0.39, 0.29) is 5.56 Å². The van der Waals surface area contributed by atoms with Gasteiger partial charge in [0.1, 0.15) is 4.47 Å². The van der Waals surface area contributed by atoms with Gasteiger partial charge in [-0.2, -0.15) is 5.10 Å². The van der Waals surface area contributed by atoms with E-state index in [2.05, 4.69) is 38.6 Å². The average molecular weight is 301 g/mol. The standard InChI is InChI=1S/C11H17BrN4O/c1-7-5-8(3-4-13-7)15-9-6-14-16(2)11(17)10(9)12/h6-8,13,15H,3-5H2,1-2H3. The molecule has 2 N–H and O–H groups in total. The van der Waals surface area contributed by atoms with Crippen molar-refractivity contribution in [2.24, 2.45) is 7.05 Å². The van der Waals surface area contributed by atoms with Crippen LogP contribution in [0.25, 0.3) is 0 Å².